The Morgan fingerprint density at radius 1 is 0.900 bits per heavy atom. The summed E-state index contributed by atoms with van der Waals surface area (Å²) in [5.74, 6) is 0.0176. The molecule has 1 aromatic carbocycles. The van der Waals surface area contributed by atoms with Crippen molar-refractivity contribution < 1.29 is 45.0 Å². The van der Waals surface area contributed by atoms with E-state index >= 15 is 0 Å². The molecule has 11 nitrogen and oxygen atoms in total. The second-order valence-electron chi connectivity index (χ2n) is 13.5. The highest BCUT2D eigenvalue weighted by molar-refractivity contribution is 7.85. The zero-order valence-corrected chi connectivity index (χ0v) is 27.9. The number of hydrogen-bond donors (Lipinski definition) is 1. The minimum Gasteiger partial charge on any atom is -0.429 e. The summed E-state index contributed by atoms with van der Waals surface area (Å²) in [5.41, 5.74) is -2.16. The Hall–Kier alpha value is -1.69. The van der Waals surface area contributed by atoms with Crippen LogP contribution in [0.5, 0.6) is 5.75 Å². The smallest absolute Gasteiger partial charge is 0.429 e. The summed E-state index contributed by atoms with van der Waals surface area (Å²) in [5, 5.41) is 3.29. The highest BCUT2D eigenvalue weighted by atomic mass is 32.2. The molecule has 1 N–H and O–H groups in total. The third-order valence-corrected chi connectivity index (χ3v) is 6.82. The molecule has 0 spiro atoms. The predicted octanol–water partition coefficient (Wildman–Crippen LogP) is 6.66. The fraction of sp³-hybridized carbons (Fsp3) is 0.741. The fourth-order valence-electron chi connectivity index (χ4n) is 3.04. The maximum atomic E-state index is 13.8. The van der Waals surface area contributed by atoms with Gasteiger partial charge in [-0.1, -0.05) is 6.07 Å². The zero-order valence-electron chi connectivity index (χ0n) is 26.2. The van der Waals surface area contributed by atoms with E-state index in [0.29, 0.717) is 5.56 Å². The third-order valence-electron chi connectivity index (χ3n) is 4.31. The van der Waals surface area contributed by atoms with Gasteiger partial charge in [-0.3, -0.25) is 13.2 Å². The third kappa shape index (κ3) is 15.9. The lowest BCUT2D eigenvalue weighted by molar-refractivity contribution is -0.0282. The van der Waals surface area contributed by atoms with E-state index in [-0.39, 0.29) is 23.4 Å². The van der Waals surface area contributed by atoms with Crippen molar-refractivity contribution in [2.45, 2.75) is 118 Å². The van der Waals surface area contributed by atoms with Crippen LogP contribution in [0.3, 0.4) is 0 Å². The average molecular weight is 610 g/mol. The van der Waals surface area contributed by atoms with Gasteiger partial charge in [0.2, 0.25) is 0 Å². The highest BCUT2D eigenvalue weighted by Crippen LogP contribution is 2.55. The monoisotopic (exact) mass is 609 g/mol. The molecule has 1 atom stereocenters. The number of phosphoric acid groups is 1. The van der Waals surface area contributed by atoms with Crippen LogP contribution in [0, 0.1) is 0 Å². The maximum Gasteiger partial charge on any atom is 0.531 e. The highest BCUT2D eigenvalue weighted by Gasteiger charge is 2.39. The summed E-state index contributed by atoms with van der Waals surface area (Å²) in [6.07, 6.45) is -0.789. The summed E-state index contributed by atoms with van der Waals surface area (Å²) in [6.45, 7) is 21.0. The van der Waals surface area contributed by atoms with E-state index in [2.05, 4.69) is 5.32 Å². The SMILES string of the molecule is CC(C)(C)NCC(OC(=O)OC(C)(C)C)c1ccc(OP(=O)(OC(C)(C)C)OC(C)(C)C)c(COS(C)(=O)=O)c1. The molecule has 0 saturated carbocycles. The second-order valence-corrected chi connectivity index (χ2v) is 16.6. The van der Waals surface area contributed by atoms with Crippen LogP contribution in [0.4, 0.5) is 4.79 Å². The van der Waals surface area contributed by atoms with Gasteiger partial charge in [0.15, 0.2) is 0 Å². The Balaban J connectivity index is 3.59. The minimum atomic E-state index is -4.22. The van der Waals surface area contributed by atoms with E-state index in [0.717, 1.165) is 6.26 Å². The lowest BCUT2D eigenvalue weighted by Crippen LogP contribution is -2.39. The van der Waals surface area contributed by atoms with Gasteiger partial charge in [0.05, 0.1) is 24.1 Å². The molecular formula is C27H48NO10PS. The number of carbonyl (C=O) groups is 1. The molecule has 0 aliphatic heterocycles. The molecule has 0 radical (unpaired) electrons. The zero-order chi connectivity index (χ0) is 31.4. The van der Waals surface area contributed by atoms with Crippen molar-refractivity contribution in [1.29, 1.82) is 0 Å². The van der Waals surface area contributed by atoms with E-state index < -0.39 is 53.6 Å². The van der Waals surface area contributed by atoms with Crippen LogP contribution in [-0.2, 0) is 44.0 Å². The maximum absolute atomic E-state index is 13.8. The van der Waals surface area contributed by atoms with E-state index in [4.69, 9.17) is 27.2 Å². The van der Waals surface area contributed by atoms with Crippen LogP contribution in [0.25, 0.3) is 0 Å². The molecule has 13 heteroatoms. The lowest BCUT2D eigenvalue weighted by atomic mass is 10.0. The fourth-order valence-corrected chi connectivity index (χ4v) is 5.25. The summed E-state index contributed by atoms with van der Waals surface area (Å²) in [7, 11) is -8.07. The first kappa shape index (κ1) is 36.3. The van der Waals surface area contributed by atoms with Crippen LogP contribution in [0.15, 0.2) is 18.2 Å². The number of nitrogens with one attached hydrogen (secondary N) is 1. The number of ether oxygens (including phenoxy) is 2. The molecule has 0 heterocycles. The molecule has 1 aromatic rings. The first-order valence-corrected chi connectivity index (χ1v) is 16.3. The van der Waals surface area contributed by atoms with E-state index in [1.165, 1.54) is 6.07 Å². The van der Waals surface area contributed by atoms with E-state index in [1.807, 2.05) is 20.8 Å². The van der Waals surface area contributed by atoms with Crippen molar-refractivity contribution in [3.05, 3.63) is 29.3 Å². The van der Waals surface area contributed by atoms with Gasteiger partial charge in [0, 0.05) is 17.6 Å². The molecule has 40 heavy (non-hydrogen) atoms. The molecule has 0 saturated heterocycles. The van der Waals surface area contributed by atoms with Gasteiger partial charge in [-0.15, -0.1) is 0 Å². The Labute approximate surface area is 240 Å². The standard InChI is InChI=1S/C27H48NO10PS/c1-24(2,3)28-17-22(34-23(29)35-25(4,5)6)19-14-15-21(20(16-19)18-33-40(13,31)32)36-39(30,37-26(7,8)9)38-27(10,11)12/h14-16,22,28H,17-18H2,1-13H3. The minimum absolute atomic E-state index is 0.0176. The van der Waals surface area contributed by atoms with Gasteiger partial charge in [0.25, 0.3) is 10.1 Å². The Bertz CT molecular complexity index is 1140. The van der Waals surface area contributed by atoms with Crippen LogP contribution in [0.1, 0.15) is 100 Å². The Morgan fingerprint density at radius 3 is 1.85 bits per heavy atom. The summed E-state index contributed by atoms with van der Waals surface area (Å²) in [4.78, 5) is 12.6. The van der Waals surface area contributed by atoms with Crippen LogP contribution in [-0.4, -0.2) is 49.7 Å². The predicted molar refractivity (Wildman–Crippen MR) is 154 cm³/mol. The molecule has 1 unspecified atom stereocenters. The summed E-state index contributed by atoms with van der Waals surface area (Å²) < 4.78 is 70.7. The van der Waals surface area contributed by atoms with Gasteiger partial charge in [-0.2, -0.15) is 8.42 Å². The average Bonchev–Trinajstić information content (AvgIpc) is 2.64. The molecule has 0 fully saturated rings. The van der Waals surface area contributed by atoms with Gasteiger partial charge in [-0.25, -0.2) is 9.36 Å². The topological polar surface area (TPSA) is 136 Å². The Kier molecular flexibility index (Phi) is 11.9. The quantitative estimate of drug-likeness (QED) is 0.164. The van der Waals surface area contributed by atoms with Crippen LogP contribution in [0.2, 0.25) is 0 Å². The van der Waals surface area contributed by atoms with Crippen molar-refractivity contribution >= 4 is 24.1 Å². The number of hydrogen-bond acceptors (Lipinski definition) is 11. The molecular weight excluding hydrogens is 561 g/mol. The first-order valence-electron chi connectivity index (χ1n) is 13.0. The number of benzene rings is 1. The van der Waals surface area contributed by atoms with E-state index in [1.54, 1.807) is 74.4 Å². The molecule has 0 aromatic heterocycles. The lowest BCUT2D eigenvalue weighted by Gasteiger charge is -2.31. The van der Waals surface area contributed by atoms with E-state index in [9.17, 15) is 17.8 Å². The molecule has 1 rings (SSSR count). The second kappa shape index (κ2) is 13.1. The molecule has 0 amide bonds. The van der Waals surface area contributed by atoms with Gasteiger partial charge in [0.1, 0.15) is 17.5 Å². The van der Waals surface area contributed by atoms with Crippen molar-refractivity contribution in [3.8, 4) is 5.75 Å². The van der Waals surface area contributed by atoms with Gasteiger partial charge in [-0.05, 0) is 101 Å². The number of phosphoric ester groups is 1. The van der Waals surface area contributed by atoms with Crippen molar-refractivity contribution in [2.75, 3.05) is 12.8 Å². The number of carbonyl (C=O) groups excluding carboxylic acids is 1. The molecule has 0 bridgehead atoms. The van der Waals surface area contributed by atoms with Crippen LogP contribution >= 0.6 is 7.82 Å². The number of rotatable bonds is 11. The van der Waals surface area contributed by atoms with Crippen molar-refractivity contribution in [1.82, 2.24) is 5.32 Å². The molecule has 232 valence electrons. The first-order chi connectivity index (χ1) is 17.7. The Morgan fingerprint density at radius 2 is 1.43 bits per heavy atom. The van der Waals surface area contributed by atoms with Crippen molar-refractivity contribution in [3.63, 3.8) is 0 Å². The van der Waals surface area contributed by atoms with Gasteiger partial charge >= 0.3 is 14.0 Å². The molecule has 0 aliphatic rings. The largest absolute Gasteiger partial charge is 0.531 e. The van der Waals surface area contributed by atoms with Crippen LogP contribution < -0.4 is 9.84 Å². The summed E-state index contributed by atoms with van der Waals surface area (Å²) in [6, 6.07) is 4.64. The normalized spacial score (nSPS) is 14.5. The summed E-state index contributed by atoms with van der Waals surface area (Å²) >= 11 is 0. The van der Waals surface area contributed by atoms with Crippen molar-refractivity contribution in [2.24, 2.45) is 0 Å². The molecule has 0 aliphatic carbocycles. The van der Waals surface area contributed by atoms with Gasteiger partial charge < -0.3 is 19.3 Å².